The lowest BCUT2D eigenvalue weighted by molar-refractivity contribution is -0.0000107. The summed E-state index contributed by atoms with van der Waals surface area (Å²) in [7, 11) is 0. The van der Waals surface area contributed by atoms with Gasteiger partial charge < -0.3 is 32.7 Å². The van der Waals surface area contributed by atoms with Gasteiger partial charge in [-0.25, -0.2) is 4.79 Å². The van der Waals surface area contributed by atoms with Crippen LogP contribution in [0.25, 0.3) is 0 Å². The van der Waals surface area contributed by atoms with E-state index in [1.807, 2.05) is 19.1 Å². The second-order valence-electron chi connectivity index (χ2n) is 5.98. The van der Waals surface area contributed by atoms with Crippen molar-refractivity contribution in [3.8, 4) is 5.75 Å². The zero-order valence-corrected chi connectivity index (χ0v) is 17.6. The molecule has 0 aromatic heterocycles. The highest BCUT2D eigenvalue weighted by atomic mass is 35.5. The van der Waals surface area contributed by atoms with Crippen molar-refractivity contribution in [1.82, 2.24) is 5.32 Å². The summed E-state index contributed by atoms with van der Waals surface area (Å²) >= 11 is 5.85. The topological polar surface area (TPSA) is 53.6 Å². The Morgan fingerprint density at radius 2 is 1.78 bits per heavy atom. The maximum atomic E-state index is 12.2. The predicted molar refractivity (Wildman–Crippen MR) is 108 cm³/mol. The number of hydrogen-bond donors (Lipinski definition) is 2. The van der Waals surface area contributed by atoms with Crippen molar-refractivity contribution in [2.45, 2.75) is 33.9 Å². The van der Waals surface area contributed by atoms with Crippen LogP contribution in [0.1, 0.15) is 26.3 Å². The molecule has 27 heavy (non-hydrogen) atoms. The van der Waals surface area contributed by atoms with Gasteiger partial charge in [0.2, 0.25) is 0 Å². The van der Waals surface area contributed by atoms with Crippen molar-refractivity contribution in [2.24, 2.45) is 0 Å². The molecule has 2 aromatic carbocycles. The van der Waals surface area contributed by atoms with Crippen LogP contribution in [0.15, 0.2) is 42.5 Å². The smallest absolute Gasteiger partial charge is 0.322 e. The van der Waals surface area contributed by atoms with E-state index in [1.54, 1.807) is 31.2 Å². The first kappa shape index (κ1) is 22.9. The van der Waals surface area contributed by atoms with Crippen molar-refractivity contribution in [3.63, 3.8) is 0 Å². The van der Waals surface area contributed by atoms with Gasteiger partial charge in [-0.3, -0.25) is 0 Å². The first-order chi connectivity index (χ1) is 12.4. The van der Waals surface area contributed by atoms with E-state index in [0.717, 1.165) is 30.0 Å². The number of nitrogens with one attached hydrogen (secondary N) is 2. The summed E-state index contributed by atoms with van der Waals surface area (Å²) in [6.45, 7) is 9.90. The number of halogens is 2. The van der Waals surface area contributed by atoms with Gasteiger partial charge in [-0.2, -0.15) is 0 Å². The lowest BCUT2D eigenvalue weighted by Gasteiger charge is -2.22. The zero-order chi connectivity index (χ0) is 19.1. The molecule has 0 aliphatic carbocycles. The first-order valence-electron chi connectivity index (χ1n) is 8.78. The summed E-state index contributed by atoms with van der Waals surface area (Å²) in [5.41, 5.74) is 2.94. The van der Waals surface area contributed by atoms with Crippen LogP contribution >= 0.6 is 11.6 Å². The molecule has 0 saturated carbocycles. The van der Waals surface area contributed by atoms with E-state index < -0.39 is 6.23 Å². The van der Waals surface area contributed by atoms with E-state index in [1.165, 1.54) is 0 Å². The largest absolute Gasteiger partial charge is 1.00 e. The summed E-state index contributed by atoms with van der Waals surface area (Å²) in [5.74, 6) is 0.641. The SMILES string of the molecule is CCN(CC)c1ccc(NC(=O)NC(C)Oc2ccc(Cl)cc2)c(C)c1.[Cl-]. The summed E-state index contributed by atoms with van der Waals surface area (Å²) in [4.78, 5) is 14.5. The van der Waals surface area contributed by atoms with Crippen LogP contribution in [0.4, 0.5) is 16.2 Å². The molecule has 0 aliphatic heterocycles. The lowest BCUT2D eigenvalue weighted by Crippen LogP contribution is -3.00. The summed E-state index contributed by atoms with van der Waals surface area (Å²) in [6.07, 6.45) is -0.480. The molecule has 0 radical (unpaired) electrons. The van der Waals surface area contributed by atoms with Crippen LogP contribution in [0.5, 0.6) is 5.75 Å². The third kappa shape index (κ3) is 6.85. The van der Waals surface area contributed by atoms with E-state index in [4.69, 9.17) is 16.3 Å². The molecule has 0 spiro atoms. The highest BCUT2D eigenvalue weighted by molar-refractivity contribution is 6.30. The third-order valence-electron chi connectivity index (χ3n) is 4.05. The second-order valence-corrected chi connectivity index (χ2v) is 6.42. The van der Waals surface area contributed by atoms with Crippen LogP contribution in [-0.2, 0) is 0 Å². The Balaban J connectivity index is 0.00000364. The third-order valence-corrected chi connectivity index (χ3v) is 4.30. The Bertz CT molecular complexity index is 735. The fourth-order valence-electron chi connectivity index (χ4n) is 2.66. The molecule has 0 heterocycles. The van der Waals surface area contributed by atoms with Gasteiger partial charge in [-0.05, 0) is 75.7 Å². The standard InChI is InChI=1S/C20H26ClN3O2.ClH/c1-5-24(6-2)17-9-12-19(14(3)13-17)23-20(25)22-15(4)26-18-10-7-16(21)8-11-18;/h7-13,15H,5-6H2,1-4H3,(H2,22,23,25);1H/p-1. The highest BCUT2D eigenvalue weighted by Crippen LogP contribution is 2.22. The number of carbonyl (C=O) groups is 1. The molecule has 2 amide bonds. The number of benzene rings is 2. The van der Waals surface area contributed by atoms with Gasteiger partial charge in [0, 0.05) is 29.5 Å². The van der Waals surface area contributed by atoms with Crippen LogP contribution in [0.3, 0.4) is 0 Å². The summed E-state index contributed by atoms with van der Waals surface area (Å²) in [6, 6.07) is 12.7. The van der Waals surface area contributed by atoms with Crippen LogP contribution in [-0.4, -0.2) is 25.3 Å². The van der Waals surface area contributed by atoms with Crippen molar-refractivity contribution in [1.29, 1.82) is 0 Å². The summed E-state index contributed by atoms with van der Waals surface area (Å²) < 4.78 is 5.65. The second kappa shape index (κ2) is 10.9. The number of ether oxygens (including phenoxy) is 1. The predicted octanol–water partition coefficient (Wildman–Crippen LogP) is 2.05. The van der Waals surface area contributed by atoms with Gasteiger partial charge in [0.1, 0.15) is 5.75 Å². The number of urea groups is 1. The summed E-state index contributed by atoms with van der Waals surface area (Å²) in [5, 5.41) is 6.27. The molecular formula is C20H26Cl2N3O2-. The quantitative estimate of drug-likeness (QED) is 0.686. The number of hydrogen-bond acceptors (Lipinski definition) is 3. The Hall–Kier alpha value is -2.11. The van der Waals surface area contributed by atoms with E-state index in [0.29, 0.717) is 10.8 Å². The number of anilines is 2. The Morgan fingerprint density at radius 3 is 2.33 bits per heavy atom. The minimum atomic E-state index is -0.480. The first-order valence-corrected chi connectivity index (χ1v) is 9.16. The minimum absolute atomic E-state index is 0. The molecule has 0 fully saturated rings. The van der Waals surface area contributed by atoms with E-state index in [9.17, 15) is 4.79 Å². The maximum Gasteiger partial charge on any atom is 0.322 e. The molecule has 1 atom stereocenters. The van der Waals surface area contributed by atoms with Crippen molar-refractivity contribution in [2.75, 3.05) is 23.3 Å². The van der Waals surface area contributed by atoms with E-state index >= 15 is 0 Å². The van der Waals surface area contributed by atoms with Crippen LogP contribution in [0.2, 0.25) is 5.02 Å². The fraction of sp³-hybridized carbons (Fsp3) is 0.350. The maximum absolute atomic E-state index is 12.2. The van der Waals surface area contributed by atoms with Gasteiger partial charge >= 0.3 is 6.03 Å². The Morgan fingerprint density at radius 1 is 1.15 bits per heavy atom. The van der Waals surface area contributed by atoms with Gasteiger partial charge in [-0.15, -0.1) is 0 Å². The Labute approximate surface area is 172 Å². The van der Waals surface area contributed by atoms with Gasteiger partial charge in [-0.1, -0.05) is 11.6 Å². The molecule has 2 N–H and O–H groups in total. The molecule has 148 valence electrons. The molecule has 2 aromatic rings. The molecule has 0 saturated heterocycles. The van der Waals surface area contributed by atoms with Gasteiger partial charge in [0.25, 0.3) is 0 Å². The van der Waals surface area contributed by atoms with Crippen LogP contribution in [0, 0.1) is 6.92 Å². The minimum Gasteiger partial charge on any atom is -1.00 e. The normalized spacial score (nSPS) is 11.1. The monoisotopic (exact) mass is 410 g/mol. The molecule has 2 rings (SSSR count). The van der Waals surface area contributed by atoms with Crippen molar-refractivity contribution < 1.29 is 21.9 Å². The van der Waals surface area contributed by atoms with E-state index in [-0.39, 0.29) is 18.4 Å². The fourth-order valence-corrected chi connectivity index (χ4v) is 2.79. The van der Waals surface area contributed by atoms with Gasteiger partial charge in [0.05, 0.1) is 0 Å². The van der Waals surface area contributed by atoms with Crippen molar-refractivity contribution >= 4 is 29.0 Å². The Kier molecular flexibility index (Phi) is 9.26. The number of nitrogens with zero attached hydrogens (tertiary/aromatic N) is 1. The molecular weight excluding hydrogens is 385 g/mol. The molecule has 1 unspecified atom stereocenters. The highest BCUT2D eigenvalue weighted by Gasteiger charge is 2.11. The molecule has 7 heteroatoms. The number of aryl methyl sites for hydroxylation is 1. The van der Waals surface area contributed by atoms with Crippen LogP contribution < -0.4 is 32.7 Å². The zero-order valence-electron chi connectivity index (χ0n) is 16.1. The average molecular weight is 411 g/mol. The number of rotatable bonds is 7. The molecule has 5 nitrogen and oxygen atoms in total. The number of carbonyl (C=O) groups excluding carboxylic acids is 1. The average Bonchev–Trinajstić information content (AvgIpc) is 2.60. The molecule has 0 bridgehead atoms. The number of amides is 2. The van der Waals surface area contributed by atoms with E-state index in [2.05, 4.69) is 35.4 Å². The van der Waals surface area contributed by atoms with Crippen molar-refractivity contribution in [3.05, 3.63) is 53.1 Å². The molecule has 0 aliphatic rings. The van der Waals surface area contributed by atoms with Gasteiger partial charge in [0.15, 0.2) is 6.23 Å². The lowest BCUT2D eigenvalue weighted by atomic mass is 10.1.